The van der Waals surface area contributed by atoms with Gasteiger partial charge in [0.25, 0.3) is 0 Å². The molecule has 4 nitrogen and oxygen atoms in total. The highest BCUT2D eigenvalue weighted by Gasteiger charge is 2.06. The molecule has 0 bridgehead atoms. The van der Waals surface area contributed by atoms with Gasteiger partial charge in [0, 0.05) is 24.8 Å². The van der Waals surface area contributed by atoms with Crippen LogP contribution in [0.1, 0.15) is 0 Å². The fourth-order valence-corrected chi connectivity index (χ4v) is 1.84. The summed E-state index contributed by atoms with van der Waals surface area (Å²) < 4.78 is 0. The molecule has 0 aliphatic carbocycles. The zero-order chi connectivity index (χ0) is 12.4. The molecule has 0 amide bonds. The third-order valence-corrected chi connectivity index (χ3v) is 2.86. The van der Waals surface area contributed by atoms with Gasteiger partial charge in [-0.2, -0.15) is 0 Å². The van der Waals surface area contributed by atoms with Crippen molar-refractivity contribution in [3.05, 3.63) is 55.1 Å². The Morgan fingerprint density at radius 2 is 1.89 bits per heavy atom. The van der Waals surface area contributed by atoms with Crippen LogP contribution in [0.25, 0.3) is 10.9 Å². The second kappa shape index (κ2) is 4.41. The van der Waals surface area contributed by atoms with Crippen molar-refractivity contribution in [3.63, 3.8) is 0 Å². The van der Waals surface area contributed by atoms with E-state index in [1.165, 1.54) is 0 Å². The number of anilines is 2. The Kier molecular flexibility index (Phi) is 2.61. The molecule has 1 aromatic carbocycles. The normalized spacial score (nSPS) is 10.5. The third-order valence-electron chi connectivity index (χ3n) is 2.86. The van der Waals surface area contributed by atoms with Crippen LogP contribution in [-0.4, -0.2) is 22.0 Å². The Balaban J connectivity index is 2.04. The van der Waals surface area contributed by atoms with Gasteiger partial charge in [-0.3, -0.25) is 9.97 Å². The van der Waals surface area contributed by atoms with Gasteiger partial charge in [0.2, 0.25) is 0 Å². The van der Waals surface area contributed by atoms with E-state index in [-0.39, 0.29) is 0 Å². The van der Waals surface area contributed by atoms with E-state index in [1.807, 2.05) is 36.3 Å². The van der Waals surface area contributed by atoms with Crippen molar-refractivity contribution >= 4 is 22.4 Å². The summed E-state index contributed by atoms with van der Waals surface area (Å²) in [6.45, 7) is 0. The molecular weight excluding hydrogens is 224 g/mol. The van der Waals surface area contributed by atoms with Gasteiger partial charge in [-0.1, -0.05) is 18.2 Å². The lowest BCUT2D eigenvalue weighted by molar-refractivity contribution is 1.08. The van der Waals surface area contributed by atoms with Gasteiger partial charge in [-0.05, 0) is 12.1 Å². The average molecular weight is 236 g/mol. The summed E-state index contributed by atoms with van der Waals surface area (Å²) in [6, 6.07) is 10.1. The molecule has 0 atom stereocenters. The van der Waals surface area contributed by atoms with E-state index in [0.717, 1.165) is 22.4 Å². The minimum Gasteiger partial charge on any atom is -0.327 e. The number of benzene rings is 1. The van der Waals surface area contributed by atoms with E-state index in [0.29, 0.717) is 0 Å². The highest BCUT2D eigenvalue weighted by atomic mass is 15.2. The van der Waals surface area contributed by atoms with Crippen molar-refractivity contribution < 1.29 is 0 Å². The van der Waals surface area contributed by atoms with Gasteiger partial charge in [-0.15, -0.1) is 0 Å². The van der Waals surface area contributed by atoms with Gasteiger partial charge in [0.1, 0.15) is 0 Å². The monoisotopic (exact) mass is 236 g/mol. The van der Waals surface area contributed by atoms with Crippen molar-refractivity contribution in [1.29, 1.82) is 0 Å². The quantitative estimate of drug-likeness (QED) is 0.686. The number of para-hydroxylation sites is 1. The van der Waals surface area contributed by atoms with E-state index < -0.39 is 0 Å². The summed E-state index contributed by atoms with van der Waals surface area (Å²) in [4.78, 5) is 14.7. The van der Waals surface area contributed by atoms with Crippen LogP contribution < -0.4 is 4.90 Å². The topological polar surface area (TPSA) is 41.9 Å². The molecule has 0 saturated carbocycles. The molecule has 0 aliphatic heterocycles. The van der Waals surface area contributed by atoms with E-state index in [1.54, 1.807) is 18.6 Å². The minimum atomic E-state index is 0.801. The standard InChI is InChI=1S/C14H12N4/c1-18(14-10-15-6-7-16-14)12-8-11-4-2-3-5-13(11)17-9-12/h2-10H,1H3. The molecule has 0 N–H and O–H groups in total. The lowest BCUT2D eigenvalue weighted by atomic mass is 10.2. The molecule has 0 fully saturated rings. The molecule has 18 heavy (non-hydrogen) atoms. The van der Waals surface area contributed by atoms with Gasteiger partial charge < -0.3 is 4.90 Å². The van der Waals surface area contributed by atoms with Crippen LogP contribution in [0.2, 0.25) is 0 Å². The predicted molar refractivity (Wildman–Crippen MR) is 71.8 cm³/mol. The molecule has 3 aromatic rings. The zero-order valence-electron chi connectivity index (χ0n) is 9.99. The summed E-state index contributed by atoms with van der Waals surface area (Å²) >= 11 is 0. The molecule has 0 radical (unpaired) electrons. The molecule has 88 valence electrons. The minimum absolute atomic E-state index is 0.801. The Hall–Kier alpha value is -2.49. The van der Waals surface area contributed by atoms with Crippen LogP contribution in [-0.2, 0) is 0 Å². The SMILES string of the molecule is CN(c1cnc2ccccc2c1)c1cnccn1. The van der Waals surface area contributed by atoms with Crippen molar-refractivity contribution in [3.8, 4) is 0 Å². The first-order valence-corrected chi connectivity index (χ1v) is 5.69. The second-order valence-electron chi connectivity index (χ2n) is 4.01. The average Bonchev–Trinajstić information content (AvgIpc) is 2.47. The largest absolute Gasteiger partial charge is 0.327 e. The van der Waals surface area contributed by atoms with Gasteiger partial charge >= 0.3 is 0 Å². The predicted octanol–water partition coefficient (Wildman–Crippen LogP) is 2.79. The fraction of sp³-hybridized carbons (Fsp3) is 0.0714. The van der Waals surface area contributed by atoms with Crippen molar-refractivity contribution in [1.82, 2.24) is 15.0 Å². The summed E-state index contributed by atoms with van der Waals surface area (Å²) in [5.74, 6) is 0.801. The lowest BCUT2D eigenvalue weighted by Gasteiger charge is -2.17. The summed E-state index contributed by atoms with van der Waals surface area (Å²) in [5, 5.41) is 1.12. The van der Waals surface area contributed by atoms with Gasteiger partial charge in [0.15, 0.2) is 5.82 Å². The number of aromatic nitrogens is 3. The van der Waals surface area contributed by atoms with E-state index in [2.05, 4.69) is 27.1 Å². The maximum absolute atomic E-state index is 4.44. The number of fused-ring (bicyclic) bond motifs is 1. The van der Waals surface area contributed by atoms with Crippen LogP contribution in [0.4, 0.5) is 11.5 Å². The first kappa shape index (κ1) is 10.7. The molecule has 0 unspecified atom stereocenters. The fourth-order valence-electron chi connectivity index (χ4n) is 1.84. The highest BCUT2D eigenvalue weighted by Crippen LogP contribution is 2.23. The third kappa shape index (κ3) is 1.88. The van der Waals surface area contributed by atoms with Crippen LogP contribution >= 0.6 is 0 Å². The van der Waals surface area contributed by atoms with Crippen molar-refractivity contribution in [2.75, 3.05) is 11.9 Å². The van der Waals surface area contributed by atoms with Crippen molar-refractivity contribution in [2.24, 2.45) is 0 Å². The molecule has 0 saturated heterocycles. The molecule has 0 aliphatic rings. The molecular formula is C14H12N4. The summed E-state index contributed by atoms with van der Waals surface area (Å²) in [6.07, 6.45) is 6.92. The molecule has 2 heterocycles. The molecule has 3 rings (SSSR count). The van der Waals surface area contributed by atoms with Crippen LogP contribution in [0.3, 0.4) is 0 Å². The highest BCUT2D eigenvalue weighted by molar-refractivity contribution is 5.82. The van der Waals surface area contributed by atoms with Gasteiger partial charge in [-0.25, -0.2) is 4.98 Å². The van der Waals surface area contributed by atoms with E-state index in [9.17, 15) is 0 Å². The Labute approximate surface area is 105 Å². The van der Waals surface area contributed by atoms with Crippen LogP contribution in [0, 0.1) is 0 Å². The maximum Gasteiger partial charge on any atom is 0.151 e. The first-order chi connectivity index (χ1) is 8.84. The Morgan fingerprint density at radius 1 is 1.00 bits per heavy atom. The first-order valence-electron chi connectivity index (χ1n) is 5.69. The zero-order valence-corrected chi connectivity index (χ0v) is 9.99. The van der Waals surface area contributed by atoms with E-state index >= 15 is 0 Å². The Morgan fingerprint density at radius 3 is 2.72 bits per heavy atom. The second-order valence-corrected chi connectivity index (χ2v) is 4.01. The lowest BCUT2D eigenvalue weighted by Crippen LogP contribution is -2.11. The summed E-state index contributed by atoms with van der Waals surface area (Å²) in [7, 11) is 1.95. The summed E-state index contributed by atoms with van der Waals surface area (Å²) in [5.41, 5.74) is 1.99. The Bertz CT molecular complexity index is 667. The molecule has 0 spiro atoms. The number of rotatable bonds is 2. The van der Waals surface area contributed by atoms with Crippen LogP contribution in [0.15, 0.2) is 55.1 Å². The smallest absolute Gasteiger partial charge is 0.151 e. The number of nitrogens with zero attached hydrogens (tertiary/aromatic N) is 4. The molecule has 4 heteroatoms. The van der Waals surface area contributed by atoms with Crippen molar-refractivity contribution in [2.45, 2.75) is 0 Å². The number of hydrogen-bond donors (Lipinski definition) is 0. The van der Waals surface area contributed by atoms with E-state index in [4.69, 9.17) is 0 Å². The maximum atomic E-state index is 4.44. The number of pyridine rings is 1. The molecule has 2 aromatic heterocycles. The van der Waals surface area contributed by atoms with Gasteiger partial charge in [0.05, 0.1) is 23.6 Å². The van der Waals surface area contributed by atoms with Crippen LogP contribution in [0.5, 0.6) is 0 Å². The number of hydrogen-bond acceptors (Lipinski definition) is 4.